The SMILES string of the molecule is COCCCN(C)S(=O)(=O)c1cncc(C=CC(=O)O)c1. The number of nitrogens with zero attached hydrogens (tertiary/aromatic N) is 2. The zero-order valence-electron chi connectivity index (χ0n) is 11.9. The molecule has 0 saturated heterocycles. The first-order valence-electron chi connectivity index (χ1n) is 6.19. The zero-order chi connectivity index (χ0) is 15.9. The molecule has 0 radical (unpaired) electrons. The van der Waals surface area contributed by atoms with E-state index in [9.17, 15) is 13.2 Å². The molecule has 0 aliphatic heterocycles. The fraction of sp³-hybridized carbons (Fsp3) is 0.385. The summed E-state index contributed by atoms with van der Waals surface area (Å²) < 4.78 is 30.7. The van der Waals surface area contributed by atoms with Gasteiger partial charge in [-0.15, -0.1) is 0 Å². The van der Waals surface area contributed by atoms with Crippen molar-refractivity contribution in [1.82, 2.24) is 9.29 Å². The molecule has 1 N–H and O–H groups in total. The summed E-state index contributed by atoms with van der Waals surface area (Å²) in [4.78, 5) is 14.3. The third-order valence-corrected chi connectivity index (χ3v) is 4.50. The van der Waals surface area contributed by atoms with Crippen molar-refractivity contribution in [3.05, 3.63) is 30.1 Å². The van der Waals surface area contributed by atoms with Gasteiger partial charge in [0, 0.05) is 45.8 Å². The molecular weight excluding hydrogens is 296 g/mol. The average Bonchev–Trinajstić information content (AvgIpc) is 2.45. The van der Waals surface area contributed by atoms with Crippen molar-refractivity contribution >= 4 is 22.1 Å². The van der Waals surface area contributed by atoms with E-state index in [4.69, 9.17) is 9.84 Å². The number of rotatable bonds is 8. The van der Waals surface area contributed by atoms with E-state index in [0.717, 1.165) is 6.08 Å². The topological polar surface area (TPSA) is 96.8 Å². The van der Waals surface area contributed by atoms with E-state index in [0.29, 0.717) is 25.1 Å². The summed E-state index contributed by atoms with van der Waals surface area (Å²) in [7, 11) is -0.617. The average molecular weight is 314 g/mol. The quantitative estimate of drug-likeness (QED) is 0.564. The van der Waals surface area contributed by atoms with Gasteiger partial charge < -0.3 is 9.84 Å². The molecule has 0 unspecified atom stereocenters. The van der Waals surface area contributed by atoms with Gasteiger partial charge in [-0.1, -0.05) is 0 Å². The van der Waals surface area contributed by atoms with E-state index in [2.05, 4.69) is 4.98 Å². The van der Waals surface area contributed by atoms with Crippen molar-refractivity contribution in [2.75, 3.05) is 27.3 Å². The highest BCUT2D eigenvalue weighted by Gasteiger charge is 2.20. The molecule has 1 aromatic heterocycles. The summed E-state index contributed by atoms with van der Waals surface area (Å²) in [5.41, 5.74) is 0.406. The second kappa shape index (κ2) is 7.87. The monoisotopic (exact) mass is 314 g/mol. The number of ether oxygens (including phenoxy) is 1. The maximum absolute atomic E-state index is 12.3. The van der Waals surface area contributed by atoms with E-state index in [-0.39, 0.29) is 4.90 Å². The molecule has 0 atom stereocenters. The molecule has 0 bridgehead atoms. The first-order valence-corrected chi connectivity index (χ1v) is 7.63. The molecule has 0 aromatic carbocycles. The highest BCUT2D eigenvalue weighted by molar-refractivity contribution is 7.89. The Kier molecular flexibility index (Phi) is 6.47. The van der Waals surface area contributed by atoms with Gasteiger partial charge in [-0.3, -0.25) is 4.98 Å². The van der Waals surface area contributed by atoms with Crippen LogP contribution in [0.1, 0.15) is 12.0 Å². The Morgan fingerprint density at radius 1 is 1.48 bits per heavy atom. The van der Waals surface area contributed by atoms with Gasteiger partial charge in [0.25, 0.3) is 0 Å². The van der Waals surface area contributed by atoms with Gasteiger partial charge in [-0.2, -0.15) is 0 Å². The molecule has 0 saturated carbocycles. The molecule has 8 heteroatoms. The molecule has 0 aliphatic rings. The van der Waals surface area contributed by atoms with Crippen LogP contribution in [0, 0.1) is 0 Å². The molecule has 116 valence electrons. The summed E-state index contributed by atoms with van der Waals surface area (Å²) in [5.74, 6) is -1.11. The van der Waals surface area contributed by atoms with Gasteiger partial charge in [0.05, 0.1) is 0 Å². The predicted molar refractivity (Wildman–Crippen MR) is 77.2 cm³/mol. The van der Waals surface area contributed by atoms with E-state index in [1.54, 1.807) is 7.11 Å². The van der Waals surface area contributed by atoms with Crippen LogP contribution in [0.25, 0.3) is 6.08 Å². The minimum absolute atomic E-state index is 0.0231. The minimum atomic E-state index is -3.65. The number of hydrogen-bond donors (Lipinski definition) is 1. The van der Waals surface area contributed by atoms with Crippen LogP contribution in [0.2, 0.25) is 0 Å². The lowest BCUT2D eigenvalue weighted by Gasteiger charge is -2.16. The van der Waals surface area contributed by atoms with Crippen molar-refractivity contribution in [2.45, 2.75) is 11.3 Å². The van der Waals surface area contributed by atoms with E-state index >= 15 is 0 Å². The first kappa shape index (κ1) is 17.3. The number of pyridine rings is 1. The second-order valence-electron chi connectivity index (χ2n) is 4.30. The summed E-state index contributed by atoms with van der Waals surface area (Å²) in [6, 6.07) is 1.38. The number of carbonyl (C=O) groups is 1. The maximum atomic E-state index is 12.3. The van der Waals surface area contributed by atoms with Crippen molar-refractivity contribution in [2.24, 2.45) is 0 Å². The van der Waals surface area contributed by atoms with Crippen LogP contribution in [0.15, 0.2) is 29.4 Å². The molecule has 0 spiro atoms. The number of sulfonamides is 1. The number of methoxy groups -OCH3 is 1. The number of aromatic nitrogens is 1. The van der Waals surface area contributed by atoms with Crippen molar-refractivity contribution in [3.63, 3.8) is 0 Å². The highest BCUT2D eigenvalue weighted by Crippen LogP contribution is 2.15. The molecule has 1 aromatic rings. The van der Waals surface area contributed by atoms with Crippen molar-refractivity contribution in [1.29, 1.82) is 0 Å². The summed E-state index contributed by atoms with van der Waals surface area (Å²) in [6.45, 7) is 0.796. The highest BCUT2D eigenvalue weighted by atomic mass is 32.2. The summed E-state index contributed by atoms with van der Waals surface area (Å²) in [6.07, 6.45) is 5.43. The van der Waals surface area contributed by atoms with E-state index < -0.39 is 16.0 Å². The van der Waals surface area contributed by atoms with Gasteiger partial charge in [-0.25, -0.2) is 17.5 Å². The fourth-order valence-electron chi connectivity index (χ4n) is 1.57. The third-order valence-electron chi connectivity index (χ3n) is 2.68. The fourth-order valence-corrected chi connectivity index (χ4v) is 2.78. The lowest BCUT2D eigenvalue weighted by atomic mass is 10.2. The number of hydrogen-bond acceptors (Lipinski definition) is 5. The van der Waals surface area contributed by atoms with Gasteiger partial charge >= 0.3 is 5.97 Å². The Morgan fingerprint density at radius 3 is 2.81 bits per heavy atom. The number of carboxylic acid groups (broad SMARTS) is 1. The molecule has 0 fully saturated rings. The molecule has 0 amide bonds. The smallest absolute Gasteiger partial charge is 0.328 e. The zero-order valence-corrected chi connectivity index (χ0v) is 12.7. The minimum Gasteiger partial charge on any atom is -0.478 e. The van der Waals surface area contributed by atoms with Crippen LogP contribution in [-0.4, -0.2) is 56.1 Å². The molecular formula is C13H18N2O5S. The largest absolute Gasteiger partial charge is 0.478 e. The summed E-state index contributed by atoms with van der Waals surface area (Å²) >= 11 is 0. The predicted octanol–water partition coefficient (Wildman–Crippen LogP) is 0.836. The van der Waals surface area contributed by atoms with Crippen molar-refractivity contribution < 1.29 is 23.1 Å². The Balaban J connectivity index is 2.92. The Bertz CT molecular complexity index is 613. The first-order chi connectivity index (χ1) is 9.87. The van der Waals surface area contributed by atoms with Crippen LogP contribution >= 0.6 is 0 Å². The summed E-state index contributed by atoms with van der Waals surface area (Å²) in [5, 5.41) is 8.57. The van der Waals surface area contributed by atoms with Crippen molar-refractivity contribution in [3.8, 4) is 0 Å². The van der Waals surface area contributed by atoms with Crippen LogP contribution in [0.5, 0.6) is 0 Å². The van der Waals surface area contributed by atoms with E-state index in [1.165, 1.54) is 35.9 Å². The standard InChI is InChI=1S/C13H18N2O5S/c1-15(6-3-7-20-2)21(18,19)12-8-11(9-14-10-12)4-5-13(16)17/h4-5,8-10H,3,6-7H2,1-2H3,(H,16,17). The molecule has 7 nitrogen and oxygen atoms in total. The number of aliphatic carboxylic acids is 1. The van der Waals surface area contributed by atoms with Crippen LogP contribution in [-0.2, 0) is 19.6 Å². The van der Waals surface area contributed by atoms with E-state index in [1.807, 2.05) is 0 Å². The maximum Gasteiger partial charge on any atom is 0.328 e. The van der Waals surface area contributed by atoms with Crippen LogP contribution in [0.4, 0.5) is 0 Å². The second-order valence-corrected chi connectivity index (χ2v) is 6.34. The molecule has 0 aliphatic carbocycles. The molecule has 1 rings (SSSR count). The molecule has 21 heavy (non-hydrogen) atoms. The number of carboxylic acids is 1. The van der Waals surface area contributed by atoms with Crippen LogP contribution < -0.4 is 0 Å². The Hall–Kier alpha value is -1.77. The van der Waals surface area contributed by atoms with Gasteiger partial charge in [0.2, 0.25) is 10.0 Å². The lowest BCUT2D eigenvalue weighted by molar-refractivity contribution is -0.131. The van der Waals surface area contributed by atoms with Gasteiger partial charge in [-0.05, 0) is 24.1 Å². The third kappa shape index (κ3) is 5.25. The Morgan fingerprint density at radius 2 is 2.19 bits per heavy atom. The normalized spacial score (nSPS) is 12.1. The molecule has 1 heterocycles. The lowest BCUT2D eigenvalue weighted by Crippen LogP contribution is -2.28. The Labute approximate surface area is 123 Å². The van der Waals surface area contributed by atoms with Gasteiger partial charge in [0.1, 0.15) is 4.90 Å². The van der Waals surface area contributed by atoms with Crippen LogP contribution in [0.3, 0.4) is 0 Å². The van der Waals surface area contributed by atoms with Gasteiger partial charge in [0.15, 0.2) is 0 Å².